The highest BCUT2D eigenvalue weighted by molar-refractivity contribution is 5.90. The maximum absolute atomic E-state index is 13.7. The number of anilines is 1. The summed E-state index contributed by atoms with van der Waals surface area (Å²) >= 11 is 0. The van der Waals surface area contributed by atoms with Gasteiger partial charge in [-0.05, 0) is 63.7 Å². The Labute approximate surface area is 186 Å². The number of aromatic carboxylic acids is 1. The van der Waals surface area contributed by atoms with E-state index in [0.717, 1.165) is 18.5 Å². The number of carbonyl (C=O) groups is 2. The highest BCUT2D eigenvalue weighted by Gasteiger charge is 2.35. The molecular formula is C23H30FN5O3. The number of likely N-dealkylation sites (tertiary alicyclic amines) is 1. The third kappa shape index (κ3) is 5.27. The Morgan fingerprint density at radius 1 is 1.09 bits per heavy atom. The van der Waals surface area contributed by atoms with E-state index in [1.165, 1.54) is 44.3 Å². The molecule has 1 aromatic carbocycles. The van der Waals surface area contributed by atoms with Crippen molar-refractivity contribution in [2.45, 2.75) is 50.5 Å². The highest BCUT2D eigenvalue weighted by atomic mass is 19.1. The van der Waals surface area contributed by atoms with Gasteiger partial charge in [0.15, 0.2) is 0 Å². The minimum absolute atomic E-state index is 0.0752. The summed E-state index contributed by atoms with van der Waals surface area (Å²) in [6.07, 6.45) is 7.58. The van der Waals surface area contributed by atoms with Gasteiger partial charge in [0.2, 0.25) is 0 Å². The molecule has 172 valence electrons. The first-order valence-corrected chi connectivity index (χ1v) is 11.4. The van der Waals surface area contributed by atoms with Crippen molar-refractivity contribution >= 4 is 17.7 Å². The van der Waals surface area contributed by atoms with E-state index < -0.39 is 11.8 Å². The first-order valence-electron chi connectivity index (χ1n) is 11.4. The molecule has 2 aliphatic heterocycles. The molecular weight excluding hydrogens is 413 g/mol. The van der Waals surface area contributed by atoms with Gasteiger partial charge >= 0.3 is 12.0 Å². The van der Waals surface area contributed by atoms with E-state index in [1.807, 2.05) is 4.68 Å². The zero-order valence-corrected chi connectivity index (χ0v) is 18.1. The molecule has 1 saturated carbocycles. The lowest BCUT2D eigenvalue weighted by Gasteiger charge is -2.33. The van der Waals surface area contributed by atoms with Crippen molar-refractivity contribution in [1.29, 1.82) is 0 Å². The zero-order chi connectivity index (χ0) is 22.5. The molecule has 8 nitrogen and oxygen atoms in total. The van der Waals surface area contributed by atoms with Crippen LogP contribution in [0.3, 0.4) is 0 Å². The Kier molecular flexibility index (Phi) is 7.04. The van der Waals surface area contributed by atoms with Crippen molar-refractivity contribution in [1.82, 2.24) is 20.0 Å². The van der Waals surface area contributed by atoms with Crippen LogP contribution in [0.15, 0.2) is 30.5 Å². The number of carbonyl (C=O) groups excluding carboxylic acids is 1. The number of halogens is 1. The summed E-state index contributed by atoms with van der Waals surface area (Å²) in [6.45, 7) is 3.52. The monoisotopic (exact) mass is 443 g/mol. The second-order valence-electron chi connectivity index (χ2n) is 8.55. The van der Waals surface area contributed by atoms with Gasteiger partial charge in [0.1, 0.15) is 11.4 Å². The fourth-order valence-corrected chi connectivity index (χ4v) is 4.29. The van der Waals surface area contributed by atoms with Crippen LogP contribution < -0.4 is 10.6 Å². The zero-order valence-electron chi connectivity index (χ0n) is 18.1. The number of benzene rings is 1. The number of urea groups is 1. The second kappa shape index (κ2) is 10.1. The van der Waals surface area contributed by atoms with Crippen LogP contribution in [0, 0.1) is 5.82 Å². The standard InChI is InChI=1S/C19H21FN4O3.C4H9N/c20-15-3-1-2-4-16(15)22-19(27)23-9-7-13(8-10-23)24-17(12-5-6-12)14(11-21-24)18(25)26;1-2-4-5-3-1/h1-4,11-13H,5-10H2,(H,22,27)(H,25,26);5H,1-4H2. The Balaban J connectivity index is 0.000000433. The average molecular weight is 444 g/mol. The molecule has 3 N–H and O–H groups in total. The number of para-hydroxylation sites is 1. The molecule has 3 heterocycles. The molecule has 1 aromatic heterocycles. The number of hydrogen-bond acceptors (Lipinski definition) is 4. The van der Waals surface area contributed by atoms with Crippen LogP contribution in [0.5, 0.6) is 0 Å². The number of rotatable bonds is 4. The lowest BCUT2D eigenvalue weighted by Crippen LogP contribution is -2.42. The van der Waals surface area contributed by atoms with Crippen molar-refractivity contribution in [3.63, 3.8) is 0 Å². The van der Waals surface area contributed by atoms with Gasteiger partial charge in [0.05, 0.1) is 23.6 Å². The van der Waals surface area contributed by atoms with Crippen LogP contribution in [-0.4, -0.2) is 58.0 Å². The highest BCUT2D eigenvalue weighted by Crippen LogP contribution is 2.43. The third-order valence-electron chi connectivity index (χ3n) is 6.20. The van der Waals surface area contributed by atoms with E-state index in [2.05, 4.69) is 15.7 Å². The van der Waals surface area contributed by atoms with Crippen molar-refractivity contribution < 1.29 is 19.1 Å². The number of aromatic nitrogens is 2. The van der Waals surface area contributed by atoms with E-state index in [-0.39, 0.29) is 29.2 Å². The Morgan fingerprint density at radius 2 is 1.78 bits per heavy atom. The van der Waals surface area contributed by atoms with Crippen molar-refractivity contribution in [3.05, 3.63) is 47.5 Å². The molecule has 0 atom stereocenters. The smallest absolute Gasteiger partial charge is 0.339 e. The fraction of sp³-hybridized carbons (Fsp3) is 0.522. The van der Waals surface area contributed by atoms with E-state index >= 15 is 0 Å². The predicted molar refractivity (Wildman–Crippen MR) is 119 cm³/mol. The van der Waals surface area contributed by atoms with Crippen molar-refractivity contribution in [2.24, 2.45) is 0 Å². The number of carboxylic acids is 1. The molecule has 1 aliphatic carbocycles. The van der Waals surface area contributed by atoms with Gasteiger partial charge in [0.25, 0.3) is 0 Å². The summed E-state index contributed by atoms with van der Waals surface area (Å²) in [6, 6.07) is 5.82. The van der Waals surface area contributed by atoms with E-state index in [4.69, 9.17) is 0 Å². The average Bonchev–Trinajstić information content (AvgIpc) is 3.27. The van der Waals surface area contributed by atoms with Crippen LogP contribution >= 0.6 is 0 Å². The van der Waals surface area contributed by atoms with Gasteiger partial charge in [-0.1, -0.05) is 12.1 Å². The SMILES string of the molecule is C1CCNC1.O=C(O)c1cnn(C2CCN(C(=O)Nc3ccccc3F)CC2)c1C1CC1. The van der Waals surface area contributed by atoms with Gasteiger partial charge < -0.3 is 20.6 Å². The van der Waals surface area contributed by atoms with Crippen LogP contribution in [0.1, 0.15) is 66.5 Å². The molecule has 5 rings (SSSR count). The molecule has 3 aliphatic rings. The number of hydrogen-bond donors (Lipinski definition) is 3. The quantitative estimate of drug-likeness (QED) is 0.667. The Morgan fingerprint density at radius 3 is 2.34 bits per heavy atom. The number of nitrogens with one attached hydrogen (secondary N) is 2. The van der Waals surface area contributed by atoms with Gasteiger partial charge in [0, 0.05) is 19.0 Å². The molecule has 0 unspecified atom stereocenters. The van der Waals surface area contributed by atoms with Crippen LogP contribution in [-0.2, 0) is 0 Å². The largest absolute Gasteiger partial charge is 0.478 e. The summed E-state index contributed by atoms with van der Waals surface area (Å²) in [5.41, 5.74) is 1.27. The lowest BCUT2D eigenvalue weighted by atomic mass is 10.0. The minimum atomic E-state index is -0.940. The first kappa shape index (κ1) is 22.3. The lowest BCUT2D eigenvalue weighted by molar-refractivity contribution is 0.0695. The van der Waals surface area contributed by atoms with Crippen LogP contribution in [0.4, 0.5) is 14.9 Å². The summed E-state index contributed by atoms with van der Waals surface area (Å²) in [4.78, 5) is 25.5. The first-order chi connectivity index (χ1) is 15.5. The number of carboxylic acid groups (broad SMARTS) is 1. The maximum atomic E-state index is 13.7. The van der Waals surface area contributed by atoms with Gasteiger partial charge in [-0.15, -0.1) is 0 Å². The fourth-order valence-electron chi connectivity index (χ4n) is 4.29. The molecule has 3 fully saturated rings. The maximum Gasteiger partial charge on any atom is 0.339 e. The number of nitrogens with zero attached hydrogens (tertiary/aromatic N) is 3. The summed E-state index contributed by atoms with van der Waals surface area (Å²) in [7, 11) is 0. The topological polar surface area (TPSA) is 99.5 Å². The molecule has 9 heteroatoms. The molecule has 2 aromatic rings. The van der Waals surface area contributed by atoms with Gasteiger partial charge in [-0.3, -0.25) is 4.68 Å². The van der Waals surface area contributed by atoms with E-state index in [1.54, 1.807) is 17.0 Å². The van der Waals surface area contributed by atoms with E-state index in [9.17, 15) is 19.1 Å². The van der Waals surface area contributed by atoms with Gasteiger partial charge in [-0.25, -0.2) is 14.0 Å². The number of amides is 2. The molecule has 0 spiro atoms. The Bertz CT molecular complexity index is 939. The Hall–Kier alpha value is -2.94. The third-order valence-corrected chi connectivity index (χ3v) is 6.20. The molecule has 2 saturated heterocycles. The van der Waals surface area contributed by atoms with E-state index in [0.29, 0.717) is 25.9 Å². The summed E-state index contributed by atoms with van der Waals surface area (Å²) in [5, 5.41) is 19.6. The van der Waals surface area contributed by atoms with Crippen molar-refractivity contribution in [3.8, 4) is 0 Å². The van der Waals surface area contributed by atoms with Crippen LogP contribution in [0.2, 0.25) is 0 Å². The van der Waals surface area contributed by atoms with Gasteiger partial charge in [-0.2, -0.15) is 5.10 Å². The summed E-state index contributed by atoms with van der Waals surface area (Å²) in [5.74, 6) is -1.13. The minimum Gasteiger partial charge on any atom is -0.478 e. The second-order valence-corrected chi connectivity index (χ2v) is 8.55. The number of piperidine rings is 1. The van der Waals surface area contributed by atoms with Crippen molar-refractivity contribution in [2.75, 3.05) is 31.5 Å². The predicted octanol–water partition coefficient (Wildman–Crippen LogP) is 3.84. The normalized spacial score (nSPS) is 18.7. The molecule has 32 heavy (non-hydrogen) atoms. The molecule has 2 amide bonds. The molecule has 0 bridgehead atoms. The van der Waals surface area contributed by atoms with Crippen LogP contribution in [0.25, 0.3) is 0 Å². The summed E-state index contributed by atoms with van der Waals surface area (Å²) < 4.78 is 15.6. The molecule has 0 radical (unpaired) electrons.